The van der Waals surface area contributed by atoms with Crippen molar-refractivity contribution in [3.63, 3.8) is 0 Å². The van der Waals surface area contributed by atoms with Crippen LogP contribution in [-0.4, -0.2) is 37.6 Å². The van der Waals surface area contributed by atoms with Crippen molar-refractivity contribution in [1.82, 2.24) is 0 Å². The Hall–Kier alpha value is -0.120. The van der Waals surface area contributed by atoms with Gasteiger partial charge in [0.15, 0.2) is 0 Å². The van der Waals surface area contributed by atoms with Gasteiger partial charge in [0.25, 0.3) is 0 Å². The summed E-state index contributed by atoms with van der Waals surface area (Å²) in [6.07, 6.45) is 9.97. The van der Waals surface area contributed by atoms with Crippen LogP contribution >= 0.6 is 0 Å². The van der Waals surface area contributed by atoms with Crippen LogP contribution in [0.2, 0.25) is 0 Å². The zero-order chi connectivity index (χ0) is 11.2. The lowest BCUT2D eigenvalue weighted by Crippen LogP contribution is -2.49. The van der Waals surface area contributed by atoms with Crippen LogP contribution in [0.1, 0.15) is 38.5 Å². The van der Waals surface area contributed by atoms with E-state index in [4.69, 9.17) is 14.2 Å². The molecule has 0 aromatic rings. The van der Waals surface area contributed by atoms with E-state index in [9.17, 15) is 0 Å². The highest BCUT2D eigenvalue weighted by Crippen LogP contribution is 2.40. The van der Waals surface area contributed by atoms with Gasteiger partial charge < -0.3 is 14.2 Å². The smallest absolute Gasteiger partial charge is 0.0845 e. The van der Waals surface area contributed by atoms with Gasteiger partial charge in [0.05, 0.1) is 31.0 Å². The van der Waals surface area contributed by atoms with Gasteiger partial charge in [-0.05, 0) is 38.0 Å². The Morgan fingerprint density at radius 1 is 0.824 bits per heavy atom. The van der Waals surface area contributed by atoms with Crippen LogP contribution in [0.5, 0.6) is 0 Å². The Morgan fingerprint density at radius 3 is 2.53 bits per heavy atom. The quantitative estimate of drug-likeness (QED) is 0.703. The molecule has 96 valence electrons. The molecular formula is C14H22O3. The van der Waals surface area contributed by atoms with E-state index < -0.39 is 0 Å². The minimum Gasteiger partial charge on any atom is -0.381 e. The Morgan fingerprint density at radius 2 is 1.76 bits per heavy atom. The van der Waals surface area contributed by atoms with Crippen molar-refractivity contribution in [1.29, 1.82) is 0 Å². The molecule has 3 nitrogen and oxygen atoms in total. The molecule has 5 aliphatic rings. The number of ether oxygens (including phenoxy) is 3. The van der Waals surface area contributed by atoms with Crippen molar-refractivity contribution in [3.8, 4) is 0 Å². The second kappa shape index (κ2) is 4.22. The molecule has 5 rings (SSSR count). The zero-order valence-electron chi connectivity index (χ0n) is 10.3. The predicted octanol–water partition coefficient (Wildman–Crippen LogP) is 2.14. The number of fused-ring (bicyclic) bond motifs is 3. The summed E-state index contributed by atoms with van der Waals surface area (Å²) in [5.41, 5.74) is 0. The van der Waals surface area contributed by atoms with Gasteiger partial charge in [-0.3, -0.25) is 0 Å². The van der Waals surface area contributed by atoms with E-state index in [2.05, 4.69) is 0 Å². The fourth-order valence-electron chi connectivity index (χ4n) is 3.79. The van der Waals surface area contributed by atoms with E-state index >= 15 is 0 Å². The molecular weight excluding hydrogens is 216 g/mol. The summed E-state index contributed by atoms with van der Waals surface area (Å²) in [5.74, 6) is 1.42. The van der Waals surface area contributed by atoms with Crippen LogP contribution in [0.15, 0.2) is 0 Å². The summed E-state index contributed by atoms with van der Waals surface area (Å²) in [6.45, 7) is 1.86. The van der Waals surface area contributed by atoms with Crippen molar-refractivity contribution >= 4 is 0 Å². The Bertz CT molecular complexity index is 284. The number of hydrogen-bond donors (Lipinski definition) is 0. The fourth-order valence-corrected chi connectivity index (χ4v) is 3.79. The molecule has 3 heterocycles. The zero-order valence-corrected chi connectivity index (χ0v) is 10.3. The van der Waals surface area contributed by atoms with Crippen LogP contribution < -0.4 is 0 Å². The van der Waals surface area contributed by atoms with Gasteiger partial charge >= 0.3 is 0 Å². The number of hydrogen-bond acceptors (Lipinski definition) is 3. The topological polar surface area (TPSA) is 31.0 Å². The Balaban J connectivity index is 1.18. The molecule has 6 atom stereocenters. The maximum Gasteiger partial charge on any atom is 0.0845 e. The van der Waals surface area contributed by atoms with Crippen molar-refractivity contribution < 1.29 is 14.2 Å². The second-order valence-electron chi connectivity index (χ2n) is 6.30. The largest absolute Gasteiger partial charge is 0.381 e. The van der Waals surface area contributed by atoms with Gasteiger partial charge in [-0.25, -0.2) is 0 Å². The van der Waals surface area contributed by atoms with E-state index in [0.29, 0.717) is 30.3 Å². The van der Waals surface area contributed by atoms with Crippen molar-refractivity contribution in [2.75, 3.05) is 13.2 Å². The summed E-state index contributed by atoms with van der Waals surface area (Å²) >= 11 is 0. The summed E-state index contributed by atoms with van der Waals surface area (Å²) in [7, 11) is 0. The SMILES string of the molecule is C1CC2OC2CC1COCC1CCC2CC1O2. The highest BCUT2D eigenvalue weighted by Gasteiger charge is 2.44. The third-order valence-electron chi connectivity index (χ3n) is 5.05. The third kappa shape index (κ3) is 2.13. The molecule has 2 bridgehead atoms. The first-order valence-electron chi connectivity index (χ1n) is 7.27. The Kier molecular flexibility index (Phi) is 2.67. The standard InChI is InChI=1S/C14H22O3/c1-4-12-14(17-12)5-9(1)7-15-8-10-2-3-11-6-13(10)16-11/h9-14H,1-8H2. The maximum atomic E-state index is 5.94. The molecule has 0 spiro atoms. The second-order valence-corrected chi connectivity index (χ2v) is 6.30. The van der Waals surface area contributed by atoms with Gasteiger partial charge in [-0.2, -0.15) is 0 Å². The molecule has 0 aromatic carbocycles. The first-order chi connectivity index (χ1) is 8.38. The third-order valence-corrected chi connectivity index (χ3v) is 5.05. The summed E-state index contributed by atoms with van der Waals surface area (Å²) in [5, 5.41) is 0. The normalized spacial score (nSPS) is 51.5. The summed E-state index contributed by atoms with van der Waals surface area (Å²) < 4.78 is 17.2. The van der Waals surface area contributed by atoms with Crippen molar-refractivity contribution in [2.24, 2.45) is 11.8 Å². The van der Waals surface area contributed by atoms with Crippen molar-refractivity contribution in [3.05, 3.63) is 0 Å². The molecule has 3 heteroatoms. The van der Waals surface area contributed by atoms with Gasteiger partial charge in [0.2, 0.25) is 0 Å². The van der Waals surface area contributed by atoms with Crippen LogP contribution in [-0.2, 0) is 14.2 Å². The molecule has 0 amide bonds. The van der Waals surface area contributed by atoms with Crippen LogP contribution in [0.4, 0.5) is 0 Å². The lowest BCUT2D eigenvalue weighted by Gasteiger charge is -2.46. The average molecular weight is 238 g/mol. The predicted molar refractivity (Wildman–Crippen MR) is 62.8 cm³/mol. The minimum atomic E-state index is 0.524. The molecule has 17 heavy (non-hydrogen) atoms. The van der Waals surface area contributed by atoms with Gasteiger partial charge in [-0.15, -0.1) is 0 Å². The maximum absolute atomic E-state index is 5.94. The molecule has 0 N–H and O–H groups in total. The molecule has 2 saturated carbocycles. The van der Waals surface area contributed by atoms with E-state index in [1.54, 1.807) is 0 Å². The van der Waals surface area contributed by atoms with Crippen LogP contribution in [0.25, 0.3) is 0 Å². The number of rotatable bonds is 4. The molecule has 0 aromatic heterocycles. The lowest BCUT2D eigenvalue weighted by molar-refractivity contribution is -0.195. The monoisotopic (exact) mass is 238 g/mol. The van der Waals surface area contributed by atoms with E-state index in [0.717, 1.165) is 19.1 Å². The molecule has 3 aliphatic heterocycles. The highest BCUT2D eigenvalue weighted by molar-refractivity contribution is 4.92. The summed E-state index contributed by atoms with van der Waals surface area (Å²) in [6, 6.07) is 0. The fraction of sp³-hybridized carbons (Fsp3) is 1.00. The number of epoxide rings is 1. The van der Waals surface area contributed by atoms with Gasteiger partial charge in [0, 0.05) is 18.9 Å². The van der Waals surface area contributed by atoms with Gasteiger partial charge in [-0.1, -0.05) is 0 Å². The minimum absolute atomic E-state index is 0.524. The molecule has 2 aliphatic carbocycles. The Labute approximate surface area is 103 Å². The first-order valence-corrected chi connectivity index (χ1v) is 7.27. The molecule has 6 unspecified atom stereocenters. The highest BCUT2D eigenvalue weighted by atomic mass is 16.6. The van der Waals surface area contributed by atoms with Crippen molar-refractivity contribution in [2.45, 2.75) is 62.9 Å². The molecule has 5 fully saturated rings. The molecule has 0 radical (unpaired) electrons. The average Bonchev–Trinajstić information content (AvgIpc) is 3.06. The summed E-state index contributed by atoms with van der Waals surface area (Å²) in [4.78, 5) is 0. The van der Waals surface area contributed by atoms with E-state index in [1.165, 1.54) is 38.5 Å². The molecule has 3 saturated heterocycles. The van der Waals surface area contributed by atoms with Crippen LogP contribution in [0, 0.1) is 11.8 Å². The van der Waals surface area contributed by atoms with E-state index in [-0.39, 0.29) is 0 Å². The lowest BCUT2D eigenvalue weighted by atomic mass is 9.80. The van der Waals surface area contributed by atoms with Crippen LogP contribution in [0.3, 0.4) is 0 Å². The van der Waals surface area contributed by atoms with E-state index in [1.807, 2.05) is 0 Å². The van der Waals surface area contributed by atoms with Gasteiger partial charge in [0.1, 0.15) is 0 Å². The first kappa shape index (κ1) is 10.8.